The number of rotatable bonds is 7. The van der Waals surface area contributed by atoms with Crippen LogP contribution in [0.4, 0.5) is 0 Å². The molecule has 2 heterocycles. The molecule has 0 bridgehead atoms. The van der Waals surface area contributed by atoms with Gasteiger partial charge in [-0.05, 0) is 50.9 Å². The van der Waals surface area contributed by atoms with Crippen LogP contribution >= 0.6 is 0 Å². The van der Waals surface area contributed by atoms with Crippen LogP contribution in [-0.2, 0) is 12.8 Å². The number of aryl methyl sites for hydroxylation is 3. The SMILES string of the molecule is CCCNC(Cc1ccc(CC)cn1)c1cc(C)oc1C. The van der Waals surface area contributed by atoms with Crippen LogP contribution in [0.2, 0.25) is 0 Å². The van der Waals surface area contributed by atoms with Gasteiger partial charge in [0.2, 0.25) is 0 Å². The highest BCUT2D eigenvalue weighted by atomic mass is 16.3. The molecule has 3 nitrogen and oxygen atoms in total. The van der Waals surface area contributed by atoms with Gasteiger partial charge >= 0.3 is 0 Å². The Hall–Kier alpha value is -1.61. The molecule has 114 valence electrons. The Morgan fingerprint density at radius 1 is 1.24 bits per heavy atom. The summed E-state index contributed by atoms with van der Waals surface area (Å²) in [7, 11) is 0. The molecule has 1 atom stereocenters. The lowest BCUT2D eigenvalue weighted by atomic mass is 10.0. The molecule has 1 N–H and O–H groups in total. The first kappa shape index (κ1) is 15.8. The average molecular weight is 286 g/mol. The molecule has 0 aliphatic heterocycles. The first-order chi connectivity index (χ1) is 10.1. The molecule has 0 saturated heterocycles. The van der Waals surface area contributed by atoms with Gasteiger partial charge in [0.05, 0.1) is 0 Å². The molecule has 0 fully saturated rings. The summed E-state index contributed by atoms with van der Waals surface area (Å²) in [5.74, 6) is 1.98. The number of pyridine rings is 1. The van der Waals surface area contributed by atoms with Crippen LogP contribution in [0.25, 0.3) is 0 Å². The van der Waals surface area contributed by atoms with Crippen molar-refractivity contribution in [1.29, 1.82) is 0 Å². The summed E-state index contributed by atoms with van der Waals surface area (Å²) >= 11 is 0. The van der Waals surface area contributed by atoms with Crippen LogP contribution in [0, 0.1) is 13.8 Å². The number of hydrogen-bond acceptors (Lipinski definition) is 3. The topological polar surface area (TPSA) is 38.1 Å². The normalized spacial score (nSPS) is 12.6. The van der Waals surface area contributed by atoms with Crippen LogP contribution in [0.3, 0.4) is 0 Å². The zero-order valence-electron chi connectivity index (χ0n) is 13.6. The molecule has 3 heteroatoms. The zero-order valence-corrected chi connectivity index (χ0v) is 13.6. The summed E-state index contributed by atoms with van der Waals surface area (Å²) in [4.78, 5) is 4.59. The molecule has 0 aliphatic rings. The highest BCUT2D eigenvalue weighted by Gasteiger charge is 2.17. The highest BCUT2D eigenvalue weighted by molar-refractivity contribution is 5.26. The monoisotopic (exact) mass is 286 g/mol. The van der Waals surface area contributed by atoms with E-state index in [9.17, 15) is 0 Å². The molecule has 0 saturated carbocycles. The minimum atomic E-state index is 0.266. The summed E-state index contributed by atoms with van der Waals surface area (Å²) in [5.41, 5.74) is 3.66. The van der Waals surface area contributed by atoms with E-state index in [2.05, 4.69) is 42.3 Å². The van der Waals surface area contributed by atoms with Gasteiger partial charge in [0.1, 0.15) is 11.5 Å². The summed E-state index contributed by atoms with van der Waals surface area (Å²) in [6.45, 7) is 9.38. The van der Waals surface area contributed by atoms with Gasteiger partial charge < -0.3 is 9.73 Å². The van der Waals surface area contributed by atoms with E-state index in [1.54, 1.807) is 0 Å². The fourth-order valence-corrected chi connectivity index (χ4v) is 2.60. The maximum atomic E-state index is 5.69. The lowest BCUT2D eigenvalue weighted by Crippen LogP contribution is -2.24. The second kappa shape index (κ2) is 7.41. The quantitative estimate of drug-likeness (QED) is 0.831. The van der Waals surface area contributed by atoms with Gasteiger partial charge in [0.25, 0.3) is 0 Å². The number of nitrogens with one attached hydrogen (secondary N) is 1. The van der Waals surface area contributed by atoms with Gasteiger partial charge in [0, 0.05) is 29.9 Å². The molecular weight excluding hydrogens is 260 g/mol. The Morgan fingerprint density at radius 3 is 2.57 bits per heavy atom. The third-order valence-corrected chi connectivity index (χ3v) is 3.80. The van der Waals surface area contributed by atoms with E-state index in [1.807, 2.05) is 20.0 Å². The summed E-state index contributed by atoms with van der Waals surface area (Å²) in [5, 5.41) is 3.62. The Kier molecular flexibility index (Phi) is 5.57. The van der Waals surface area contributed by atoms with Crippen molar-refractivity contribution in [3.8, 4) is 0 Å². The Morgan fingerprint density at radius 2 is 2.05 bits per heavy atom. The lowest BCUT2D eigenvalue weighted by molar-refractivity contribution is 0.478. The van der Waals surface area contributed by atoms with Crippen LogP contribution in [0.5, 0.6) is 0 Å². The number of aromatic nitrogens is 1. The van der Waals surface area contributed by atoms with Crippen LogP contribution in [-0.4, -0.2) is 11.5 Å². The van der Waals surface area contributed by atoms with E-state index in [4.69, 9.17) is 4.42 Å². The van der Waals surface area contributed by atoms with E-state index in [1.165, 1.54) is 11.1 Å². The number of nitrogens with zero attached hydrogens (tertiary/aromatic N) is 1. The van der Waals surface area contributed by atoms with Crippen LogP contribution in [0.15, 0.2) is 28.8 Å². The van der Waals surface area contributed by atoms with Crippen molar-refractivity contribution < 1.29 is 4.42 Å². The van der Waals surface area contributed by atoms with Crippen molar-refractivity contribution in [2.75, 3.05) is 6.54 Å². The predicted molar refractivity (Wildman–Crippen MR) is 86.5 cm³/mol. The molecule has 2 aromatic rings. The summed E-state index contributed by atoms with van der Waals surface area (Å²) < 4.78 is 5.69. The van der Waals surface area contributed by atoms with Crippen molar-refractivity contribution in [2.45, 2.75) is 53.0 Å². The van der Waals surface area contributed by atoms with Crippen molar-refractivity contribution in [2.24, 2.45) is 0 Å². The maximum absolute atomic E-state index is 5.69. The van der Waals surface area contributed by atoms with Gasteiger partial charge in [-0.25, -0.2) is 0 Å². The van der Waals surface area contributed by atoms with E-state index < -0.39 is 0 Å². The fourth-order valence-electron chi connectivity index (χ4n) is 2.60. The molecule has 0 spiro atoms. The lowest BCUT2D eigenvalue weighted by Gasteiger charge is -2.18. The number of hydrogen-bond donors (Lipinski definition) is 1. The molecular formula is C18H26N2O. The minimum Gasteiger partial charge on any atom is -0.466 e. The molecule has 0 aromatic carbocycles. The second-order valence-corrected chi connectivity index (χ2v) is 5.59. The average Bonchev–Trinajstić information content (AvgIpc) is 2.83. The third kappa shape index (κ3) is 4.18. The minimum absolute atomic E-state index is 0.266. The largest absolute Gasteiger partial charge is 0.466 e. The smallest absolute Gasteiger partial charge is 0.105 e. The third-order valence-electron chi connectivity index (χ3n) is 3.80. The second-order valence-electron chi connectivity index (χ2n) is 5.59. The van der Waals surface area contributed by atoms with Gasteiger partial charge in [-0.3, -0.25) is 4.98 Å². The van der Waals surface area contributed by atoms with Gasteiger partial charge in [0.15, 0.2) is 0 Å². The molecule has 2 aromatic heterocycles. The predicted octanol–water partition coefficient (Wildman–Crippen LogP) is 4.14. The molecule has 0 radical (unpaired) electrons. The standard InChI is InChI=1S/C18H26N2O/c1-5-9-19-18(17-10-13(3)21-14(17)4)11-16-8-7-15(6-2)12-20-16/h7-8,10,12,18-19H,5-6,9,11H2,1-4H3. The van der Waals surface area contributed by atoms with E-state index >= 15 is 0 Å². The van der Waals surface area contributed by atoms with E-state index in [0.29, 0.717) is 0 Å². The first-order valence-corrected chi connectivity index (χ1v) is 7.88. The molecule has 2 rings (SSSR count). The zero-order chi connectivity index (χ0) is 15.2. The van der Waals surface area contributed by atoms with Crippen molar-refractivity contribution in [3.05, 3.63) is 52.7 Å². The van der Waals surface area contributed by atoms with Gasteiger partial charge in [-0.1, -0.05) is 19.9 Å². The van der Waals surface area contributed by atoms with Crippen LogP contribution < -0.4 is 5.32 Å². The molecule has 0 amide bonds. The van der Waals surface area contributed by atoms with E-state index in [0.717, 1.165) is 43.0 Å². The van der Waals surface area contributed by atoms with Gasteiger partial charge in [-0.15, -0.1) is 0 Å². The van der Waals surface area contributed by atoms with Crippen molar-refractivity contribution in [3.63, 3.8) is 0 Å². The highest BCUT2D eigenvalue weighted by Crippen LogP contribution is 2.24. The van der Waals surface area contributed by atoms with Crippen molar-refractivity contribution >= 4 is 0 Å². The van der Waals surface area contributed by atoms with Gasteiger partial charge in [-0.2, -0.15) is 0 Å². The Bertz CT molecular complexity index is 557. The Balaban J connectivity index is 2.17. The van der Waals surface area contributed by atoms with E-state index in [-0.39, 0.29) is 6.04 Å². The van der Waals surface area contributed by atoms with Crippen molar-refractivity contribution in [1.82, 2.24) is 10.3 Å². The molecule has 21 heavy (non-hydrogen) atoms. The first-order valence-electron chi connectivity index (χ1n) is 7.88. The number of furan rings is 1. The maximum Gasteiger partial charge on any atom is 0.105 e. The molecule has 0 aliphatic carbocycles. The van der Waals surface area contributed by atoms with Crippen LogP contribution in [0.1, 0.15) is 54.7 Å². The summed E-state index contributed by atoms with van der Waals surface area (Å²) in [6.07, 6.45) is 5.03. The molecule has 1 unspecified atom stereocenters. The fraction of sp³-hybridized carbons (Fsp3) is 0.500. The Labute approximate surface area is 127 Å². The summed E-state index contributed by atoms with van der Waals surface area (Å²) in [6, 6.07) is 6.72.